The van der Waals surface area contributed by atoms with Gasteiger partial charge in [0.2, 0.25) is 0 Å². The van der Waals surface area contributed by atoms with Crippen molar-refractivity contribution in [3.8, 4) is 0 Å². The average molecular weight is 177 g/mol. The van der Waals surface area contributed by atoms with Gasteiger partial charge in [-0.3, -0.25) is 0 Å². The number of carboxylic acids is 1. The Labute approximate surface area is 92.1 Å². The molecule has 1 aromatic rings. The first-order chi connectivity index (χ1) is 5.15. The van der Waals surface area contributed by atoms with Gasteiger partial charge in [-0.25, -0.2) is 0 Å². The Bertz CT molecular complexity index is 282. The Morgan fingerprint density at radius 2 is 2.33 bits per heavy atom. The predicted octanol–water partition coefficient (Wildman–Crippen LogP) is -4.12. The Morgan fingerprint density at radius 1 is 1.75 bits per heavy atom. The van der Waals surface area contributed by atoms with Crippen molar-refractivity contribution in [2.24, 2.45) is 7.05 Å². The number of rotatable bonds is 2. The number of aromatic carboxylic acids is 1. The third-order valence-electron chi connectivity index (χ3n) is 1.51. The van der Waals surface area contributed by atoms with E-state index in [1.807, 2.05) is 0 Å². The second-order valence-electron chi connectivity index (χ2n) is 2.28. The first kappa shape index (κ1) is 11.7. The van der Waals surface area contributed by atoms with Gasteiger partial charge >= 0.3 is 29.6 Å². The molecular formula is C7H8NNaO3. The van der Waals surface area contributed by atoms with Crippen LogP contribution in [0.3, 0.4) is 0 Å². The van der Waals surface area contributed by atoms with E-state index in [-0.39, 0.29) is 41.7 Å². The second kappa shape index (κ2) is 4.67. The van der Waals surface area contributed by atoms with Gasteiger partial charge in [0.05, 0.1) is 12.6 Å². The van der Waals surface area contributed by atoms with E-state index in [0.717, 1.165) is 0 Å². The summed E-state index contributed by atoms with van der Waals surface area (Å²) >= 11 is 0. The van der Waals surface area contributed by atoms with Crippen LogP contribution in [0, 0.1) is 0 Å². The molecule has 0 saturated heterocycles. The number of aliphatic hydroxyl groups excluding tert-OH is 1. The third kappa shape index (κ3) is 2.35. The van der Waals surface area contributed by atoms with Crippen LogP contribution in [0.1, 0.15) is 16.1 Å². The molecule has 0 atom stereocenters. The van der Waals surface area contributed by atoms with E-state index in [4.69, 9.17) is 5.11 Å². The molecule has 0 fully saturated rings. The van der Waals surface area contributed by atoms with Gasteiger partial charge in [-0.15, -0.1) is 0 Å². The van der Waals surface area contributed by atoms with Crippen molar-refractivity contribution < 1.29 is 44.6 Å². The van der Waals surface area contributed by atoms with Crippen LogP contribution >= 0.6 is 0 Å². The largest absolute Gasteiger partial charge is 1.00 e. The summed E-state index contributed by atoms with van der Waals surface area (Å²) in [5.41, 5.74) is 0.653. The van der Waals surface area contributed by atoms with E-state index in [0.29, 0.717) is 5.69 Å². The number of nitrogens with zero attached hydrogens (tertiary/aromatic N) is 1. The van der Waals surface area contributed by atoms with Gasteiger partial charge in [-0.1, -0.05) is 0 Å². The zero-order valence-corrected chi connectivity index (χ0v) is 9.07. The molecule has 4 nitrogen and oxygen atoms in total. The Balaban J connectivity index is 0.00000121. The van der Waals surface area contributed by atoms with Crippen LogP contribution in [0.25, 0.3) is 0 Å². The molecule has 12 heavy (non-hydrogen) atoms. The molecule has 0 amide bonds. The Hall–Kier alpha value is -0.290. The quantitative estimate of drug-likeness (QED) is 0.467. The van der Waals surface area contributed by atoms with E-state index < -0.39 is 5.97 Å². The molecule has 0 aliphatic heterocycles. The second-order valence-corrected chi connectivity index (χ2v) is 2.28. The molecule has 1 aromatic heterocycles. The molecule has 0 unspecified atom stereocenters. The van der Waals surface area contributed by atoms with Crippen LogP contribution in [0.2, 0.25) is 0 Å². The zero-order valence-electron chi connectivity index (χ0n) is 7.07. The Kier molecular flexibility index (Phi) is 4.55. The predicted molar refractivity (Wildman–Crippen MR) is 35.7 cm³/mol. The van der Waals surface area contributed by atoms with Gasteiger partial charge in [0, 0.05) is 24.5 Å². The van der Waals surface area contributed by atoms with Crippen LogP contribution in [0.5, 0.6) is 0 Å². The molecule has 60 valence electrons. The van der Waals surface area contributed by atoms with E-state index in [1.54, 1.807) is 11.6 Å². The topological polar surface area (TPSA) is 65.3 Å². The number of hydrogen-bond donors (Lipinski definition) is 1. The van der Waals surface area contributed by atoms with Gasteiger partial charge in [0.15, 0.2) is 0 Å². The molecule has 0 radical (unpaired) electrons. The van der Waals surface area contributed by atoms with Crippen molar-refractivity contribution >= 4 is 5.97 Å². The maximum absolute atomic E-state index is 10.3. The molecule has 0 aromatic carbocycles. The summed E-state index contributed by atoms with van der Waals surface area (Å²) in [5, 5.41) is 19.0. The van der Waals surface area contributed by atoms with Crippen molar-refractivity contribution in [3.05, 3.63) is 23.5 Å². The summed E-state index contributed by atoms with van der Waals surface area (Å²) in [7, 11) is 1.66. The SMILES string of the molecule is Cn1cc(C(=O)[O-])cc1CO.[Na+]. The van der Waals surface area contributed by atoms with Crippen molar-refractivity contribution in [3.63, 3.8) is 0 Å². The molecule has 0 spiro atoms. The summed E-state index contributed by atoms with van der Waals surface area (Å²) in [6.07, 6.45) is 1.40. The fraction of sp³-hybridized carbons (Fsp3) is 0.286. The van der Waals surface area contributed by atoms with Gasteiger partial charge in [0.1, 0.15) is 0 Å². The van der Waals surface area contributed by atoms with E-state index in [2.05, 4.69) is 0 Å². The van der Waals surface area contributed by atoms with Crippen molar-refractivity contribution in [2.75, 3.05) is 0 Å². The van der Waals surface area contributed by atoms with Gasteiger partial charge in [0.25, 0.3) is 0 Å². The van der Waals surface area contributed by atoms with Crippen LogP contribution in [-0.4, -0.2) is 15.6 Å². The number of aliphatic hydroxyl groups is 1. The zero-order chi connectivity index (χ0) is 8.43. The molecule has 0 aliphatic carbocycles. The smallest absolute Gasteiger partial charge is 0.545 e. The summed E-state index contributed by atoms with van der Waals surface area (Å²) in [4.78, 5) is 10.3. The molecule has 0 bridgehead atoms. The number of carbonyl (C=O) groups excluding carboxylic acids is 1. The molecule has 0 saturated carbocycles. The van der Waals surface area contributed by atoms with E-state index >= 15 is 0 Å². The minimum absolute atomic E-state index is 0. The maximum Gasteiger partial charge on any atom is 1.00 e. The number of hydrogen-bond acceptors (Lipinski definition) is 3. The van der Waals surface area contributed by atoms with Crippen LogP contribution in [0.15, 0.2) is 12.3 Å². The van der Waals surface area contributed by atoms with Gasteiger partial charge in [-0.05, 0) is 6.07 Å². The minimum atomic E-state index is -1.22. The third-order valence-corrected chi connectivity index (χ3v) is 1.51. The van der Waals surface area contributed by atoms with Crippen molar-refractivity contribution in [1.29, 1.82) is 0 Å². The van der Waals surface area contributed by atoms with Crippen molar-refractivity contribution in [1.82, 2.24) is 4.57 Å². The fourth-order valence-corrected chi connectivity index (χ4v) is 0.879. The molecule has 1 N–H and O–H groups in total. The summed E-state index contributed by atoms with van der Waals surface area (Å²) < 4.78 is 1.55. The van der Waals surface area contributed by atoms with E-state index in [1.165, 1.54) is 12.3 Å². The van der Waals surface area contributed by atoms with Gasteiger partial charge < -0.3 is 19.6 Å². The first-order valence-corrected chi connectivity index (χ1v) is 3.12. The fourth-order valence-electron chi connectivity index (χ4n) is 0.879. The summed E-state index contributed by atoms with van der Waals surface area (Å²) in [5.74, 6) is -1.22. The molecule has 1 rings (SSSR count). The van der Waals surface area contributed by atoms with Gasteiger partial charge in [-0.2, -0.15) is 0 Å². The molecule has 1 heterocycles. The van der Waals surface area contributed by atoms with Crippen LogP contribution in [0.4, 0.5) is 0 Å². The maximum atomic E-state index is 10.3. The van der Waals surface area contributed by atoms with Crippen LogP contribution in [-0.2, 0) is 13.7 Å². The summed E-state index contributed by atoms with van der Waals surface area (Å²) in [6.45, 7) is -0.163. The van der Waals surface area contributed by atoms with E-state index in [9.17, 15) is 9.90 Å². The normalized spacial score (nSPS) is 9.17. The Morgan fingerprint density at radius 3 is 2.58 bits per heavy atom. The molecule has 0 aliphatic rings. The number of aromatic nitrogens is 1. The average Bonchev–Trinajstić information content (AvgIpc) is 2.31. The number of carboxylic acid groups (broad SMARTS) is 1. The molecular weight excluding hydrogens is 169 g/mol. The first-order valence-electron chi connectivity index (χ1n) is 3.12. The minimum Gasteiger partial charge on any atom is -0.545 e. The number of carbonyl (C=O) groups is 1. The standard InChI is InChI=1S/C7H9NO3.Na/c1-8-3-5(7(10)11)2-6(8)4-9;/h2-3,9H,4H2,1H3,(H,10,11);/q;+1/p-1. The monoisotopic (exact) mass is 177 g/mol. The number of aryl methyl sites for hydroxylation is 1. The van der Waals surface area contributed by atoms with Crippen LogP contribution < -0.4 is 34.7 Å². The van der Waals surface area contributed by atoms with Crippen molar-refractivity contribution in [2.45, 2.75) is 6.61 Å². The molecule has 5 heteroatoms. The summed E-state index contributed by atoms with van der Waals surface area (Å²) in [6, 6.07) is 1.38.